The van der Waals surface area contributed by atoms with Crippen LogP contribution in [0.1, 0.15) is 39.5 Å². The predicted molar refractivity (Wildman–Crippen MR) is 100 cm³/mol. The second-order valence-electron chi connectivity index (χ2n) is 6.30. The van der Waals surface area contributed by atoms with Gasteiger partial charge in [0.1, 0.15) is 12.1 Å². The van der Waals surface area contributed by atoms with Crippen molar-refractivity contribution in [3.8, 4) is 0 Å². The van der Waals surface area contributed by atoms with E-state index in [0.29, 0.717) is 38.0 Å². The molecular weight excluding hydrogens is 344 g/mol. The second-order valence-corrected chi connectivity index (χ2v) is 7.28. The Morgan fingerprint density at radius 2 is 1.64 bits per heavy atom. The lowest BCUT2D eigenvalue weighted by molar-refractivity contribution is -0.142. The van der Waals surface area contributed by atoms with Gasteiger partial charge in [0.2, 0.25) is 11.8 Å². The molecule has 8 nitrogen and oxygen atoms in total. The Kier molecular flexibility index (Phi) is 12.3. The van der Waals surface area contributed by atoms with Crippen molar-refractivity contribution in [3.63, 3.8) is 0 Å². The van der Waals surface area contributed by atoms with Crippen molar-refractivity contribution in [2.24, 2.45) is 17.4 Å². The lowest BCUT2D eigenvalue weighted by Gasteiger charge is -2.24. The summed E-state index contributed by atoms with van der Waals surface area (Å²) in [5.74, 6) is -1.47. The smallest absolute Gasteiger partial charge is 0.326 e. The number of hydrogen-bond acceptors (Lipinski definition) is 6. The Labute approximate surface area is 153 Å². The maximum absolute atomic E-state index is 12.5. The van der Waals surface area contributed by atoms with Gasteiger partial charge in [-0.2, -0.15) is 11.8 Å². The minimum Gasteiger partial charge on any atom is -0.480 e. The number of nitrogens with two attached hydrogens (primary N) is 2. The Morgan fingerprint density at radius 1 is 1.04 bits per heavy atom. The number of nitrogens with one attached hydrogen (secondary N) is 2. The zero-order chi connectivity index (χ0) is 19.4. The fourth-order valence-electron chi connectivity index (χ4n) is 2.10. The summed E-state index contributed by atoms with van der Waals surface area (Å²) < 4.78 is 0. The number of hydrogen-bond donors (Lipinski definition) is 5. The summed E-state index contributed by atoms with van der Waals surface area (Å²) in [6, 6.07) is -2.52. The van der Waals surface area contributed by atoms with E-state index in [0.717, 1.165) is 0 Å². The summed E-state index contributed by atoms with van der Waals surface area (Å²) in [4.78, 5) is 35.9. The van der Waals surface area contributed by atoms with E-state index in [2.05, 4.69) is 10.6 Å². The van der Waals surface area contributed by atoms with Crippen LogP contribution in [0.15, 0.2) is 0 Å². The SMILES string of the molecule is CSCC[C@H](NC(=O)[C@H](CCCCN)NC(=O)[C@@H](N)C(C)C)C(=O)O. The topological polar surface area (TPSA) is 148 Å². The van der Waals surface area contributed by atoms with Crippen molar-refractivity contribution < 1.29 is 19.5 Å². The molecule has 0 aromatic rings. The Balaban J connectivity index is 4.94. The van der Waals surface area contributed by atoms with Crippen LogP contribution in [0.25, 0.3) is 0 Å². The minimum atomic E-state index is -1.09. The van der Waals surface area contributed by atoms with E-state index in [1.165, 1.54) is 11.8 Å². The highest BCUT2D eigenvalue weighted by atomic mass is 32.2. The third kappa shape index (κ3) is 9.66. The molecule has 0 aliphatic heterocycles. The Hall–Kier alpha value is -1.32. The molecule has 2 amide bonds. The zero-order valence-corrected chi connectivity index (χ0v) is 16.1. The molecule has 0 unspecified atom stereocenters. The molecular formula is C16H32N4O4S. The molecule has 25 heavy (non-hydrogen) atoms. The predicted octanol–water partition coefficient (Wildman–Crippen LogP) is -0.0940. The van der Waals surface area contributed by atoms with Gasteiger partial charge < -0.3 is 27.2 Å². The minimum absolute atomic E-state index is 0.0684. The number of carboxylic acids is 1. The first-order valence-corrected chi connectivity index (χ1v) is 9.92. The lowest BCUT2D eigenvalue weighted by atomic mass is 10.0. The maximum atomic E-state index is 12.5. The van der Waals surface area contributed by atoms with Crippen LogP contribution in [0.3, 0.4) is 0 Å². The van der Waals surface area contributed by atoms with Crippen LogP contribution in [0.4, 0.5) is 0 Å². The van der Waals surface area contributed by atoms with Crippen molar-refractivity contribution in [2.45, 2.75) is 57.7 Å². The van der Waals surface area contributed by atoms with E-state index < -0.39 is 35.9 Å². The number of carboxylic acid groups (broad SMARTS) is 1. The van der Waals surface area contributed by atoms with Gasteiger partial charge in [-0.15, -0.1) is 0 Å². The summed E-state index contributed by atoms with van der Waals surface area (Å²) in [5.41, 5.74) is 11.3. The molecule has 0 aliphatic rings. The van der Waals surface area contributed by atoms with Crippen molar-refractivity contribution in [1.82, 2.24) is 10.6 Å². The lowest BCUT2D eigenvalue weighted by Crippen LogP contribution is -2.55. The Bertz CT molecular complexity index is 434. The third-order valence-electron chi connectivity index (χ3n) is 3.83. The molecule has 0 aromatic carbocycles. The van der Waals surface area contributed by atoms with E-state index in [1.54, 1.807) is 0 Å². The van der Waals surface area contributed by atoms with Crippen molar-refractivity contribution >= 4 is 29.5 Å². The molecule has 9 heteroatoms. The van der Waals surface area contributed by atoms with E-state index >= 15 is 0 Å². The molecule has 0 fully saturated rings. The number of carbonyl (C=O) groups excluding carboxylic acids is 2. The van der Waals surface area contributed by atoms with Gasteiger partial charge in [0, 0.05) is 0 Å². The van der Waals surface area contributed by atoms with Crippen LogP contribution in [0.2, 0.25) is 0 Å². The molecule has 0 aliphatic carbocycles. The van der Waals surface area contributed by atoms with Crippen LogP contribution < -0.4 is 22.1 Å². The molecule has 7 N–H and O–H groups in total. The number of carbonyl (C=O) groups is 3. The Morgan fingerprint density at radius 3 is 2.12 bits per heavy atom. The number of amides is 2. The van der Waals surface area contributed by atoms with Crippen LogP contribution in [-0.4, -0.2) is 59.6 Å². The van der Waals surface area contributed by atoms with Gasteiger partial charge in [0.05, 0.1) is 6.04 Å². The first kappa shape index (κ1) is 23.7. The van der Waals surface area contributed by atoms with E-state index in [9.17, 15) is 19.5 Å². The van der Waals surface area contributed by atoms with Crippen LogP contribution in [-0.2, 0) is 14.4 Å². The van der Waals surface area contributed by atoms with Gasteiger partial charge in [-0.3, -0.25) is 9.59 Å². The summed E-state index contributed by atoms with van der Waals surface area (Å²) in [6.07, 6.45) is 3.93. The van der Waals surface area contributed by atoms with Crippen molar-refractivity contribution in [1.29, 1.82) is 0 Å². The fraction of sp³-hybridized carbons (Fsp3) is 0.812. The maximum Gasteiger partial charge on any atom is 0.326 e. The molecule has 0 spiro atoms. The molecule has 146 valence electrons. The van der Waals surface area contributed by atoms with Gasteiger partial charge >= 0.3 is 5.97 Å². The van der Waals surface area contributed by atoms with Gasteiger partial charge in [-0.05, 0) is 50.2 Å². The molecule has 0 bridgehead atoms. The standard InChI is InChI=1S/C16H32N4O4S/c1-10(2)13(18)15(22)19-11(6-4-5-8-17)14(21)20-12(16(23)24)7-9-25-3/h10-13H,4-9,17-18H2,1-3H3,(H,19,22)(H,20,21)(H,23,24)/t11-,12-,13-/m0/s1. The molecule has 0 saturated heterocycles. The van der Waals surface area contributed by atoms with E-state index in [4.69, 9.17) is 11.5 Å². The highest BCUT2D eigenvalue weighted by molar-refractivity contribution is 7.98. The highest BCUT2D eigenvalue weighted by Gasteiger charge is 2.28. The average Bonchev–Trinajstić information content (AvgIpc) is 2.56. The summed E-state index contributed by atoms with van der Waals surface area (Å²) in [5, 5.41) is 14.4. The van der Waals surface area contributed by atoms with Crippen LogP contribution >= 0.6 is 11.8 Å². The fourth-order valence-corrected chi connectivity index (χ4v) is 2.57. The average molecular weight is 377 g/mol. The zero-order valence-electron chi connectivity index (χ0n) is 15.3. The molecule has 0 rings (SSSR count). The second kappa shape index (κ2) is 13.0. The van der Waals surface area contributed by atoms with Crippen molar-refractivity contribution in [2.75, 3.05) is 18.6 Å². The number of rotatable bonds is 13. The monoisotopic (exact) mass is 376 g/mol. The number of aliphatic carboxylic acids is 1. The quantitative estimate of drug-likeness (QED) is 0.282. The molecule has 0 radical (unpaired) electrons. The molecule has 0 saturated carbocycles. The van der Waals surface area contributed by atoms with Crippen molar-refractivity contribution in [3.05, 3.63) is 0 Å². The largest absolute Gasteiger partial charge is 0.480 e. The normalized spacial score (nSPS) is 14.6. The highest BCUT2D eigenvalue weighted by Crippen LogP contribution is 2.06. The van der Waals surface area contributed by atoms with Gasteiger partial charge in [0.15, 0.2) is 0 Å². The van der Waals surface area contributed by atoms with E-state index in [1.807, 2.05) is 20.1 Å². The van der Waals surface area contributed by atoms with Crippen LogP contribution in [0.5, 0.6) is 0 Å². The van der Waals surface area contributed by atoms with Gasteiger partial charge in [-0.25, -0.2) is 4.79 Å². The summed E-state index contributed by atoms with van der Waals surface area (Å²) in [7, 11) is 0. The first-order valence-electron chi connectivity index (χ1n) is 8.52. The molecule has 0 aromatic heterocycles. The van der Waals surface area contributed by atoms with E-state index in [-0.39, 0.29) is 5.92 Å². The van der Waals surface area contributed by atoms with Crippen LogP contribution in [0, 0.1) is 5.92 Å². The number of unbranched alkanes of at least 4 members (excludes halogenated alkanes) is 1. The molecule has 3 atom stereocenters. The number of thioether (sulfide) groups is 1. The van der Waals surface area contributed by atoms with Gasteiger partial charge in [0.25, 0.3) is 0 Å². The third-order valence-corrected chi connectivity index (χ3v) is 4.47. The summed E-state index contributed by atoms with van der Waals surface area (Å²) in [6.45, 7) is 4.12. The molecule has 0 heterocycles. The summed E-state index contributed by atoms with van der Waals surface area (Å²) >= 11 is 1.50. The van der Waals surface area contributed by atoms with Gasteiger partial charge in [-0.1, -0.05) is 13.8 Å². The first-order chi connectivity index (χ1) is 11.7.